The monoisotopic (exact) mass is 637 g/mol. The predicted octanol–water partition coefficient (Wildman–Crippen LogP) is 7.59. The third kappa shape index (κ3) is 3.31. The summed E-state index contributed by atoms with van der Waals surface area (Å²) < 4.78 is 0.655. The summed E-state index contributed by atoms with van der Waals surface area (Å²) in [5, 5.41) is 0. The molecule has 5 heteroatoms. The number of benzene rings is 5. The van der Waals surface area contributed by atoms with Crippen LogP contribution in [0.5, 0.6) is 0 Å². The van der Waals surface area contributed by atoms with Crippen LogP contribution in [0.2, 0.25) is 0 Å². The van der Waals surface area contributed by atoms with E-state index in [-0.39, 0.29) is 17.6 Å². The lowest BCUT2D eigenvalue weighted by Gasteiger charge is -2.46. The van der Waals surface area contributed by atoms with E-state index in [4.69, 9.17) is 0 Å². The van der Waals surface area contributed by atoms with Gasteiger partial charge in [-0.15, -0.1) is 0 Å². The highest BCUT2D eigenvalue weighted by Gasteiger charge is 2.86. The smallest absolute Gasteiger partial charge is 0.239 e. The van der Waals surface area contributed by atoms with Crippen molar-refractivity contribution in [3.05, 3.63) is 172 Å². The molecule has 8 rings (SSSR count). The fourth-order valence-corrected chi connectivity index (χ4v) is 9.38. The van der Waals surface area contributed by atoms with Crippen molar-refractivity contribution in [2.24, 2.45) is 11.8 Å². The Hall–Kier alpha value is -4.61. The van der Waals surface area contributed by atoms with E-state index in [0.717, 1.165) is 22.3 Å². The van der Waals surface area contributed by atoms with Crippen LogP contribution in [0.15, 0.2) is 150 Å². The van der Waals surface area contributed by atoms with Gasteiger partial charge in [0, 0.05) is 16.3 Å². The van der Waals surface area contributed by atoms with Crippen molar-refractivity contribution >= 4 is 39.2 Å². The van der Waals surface area contributed by atoms with E-state index in [0.29, 0.717) is 10.2 Å². The van der Waals surface area contributed by atoms with Crippen LogP contribution in [0.25, 0.3) is 0 Å². The number of amides is 2. The third-order valence-electron chi connectivity index (χ3n) is 10.3. The van der Waals surface area contributed by atoms with Gasteiger partial charge in [-0.2, -0.15) is 0 Å². The highest BCUT2D eigenvalue weighted by molar-refractivity contribution is 9.10. The van der Waals surface area contributed by atoms with Crippen LogP contribution < -0.4 is 4.90 Å². The number of halogens is 1. The summed E-state index contributed by atoms with van der Waals surface area (Å²) in [5.41, 5.74) is 1.45. The Kier molecular flexibility index (Phi) is 6.11. The lowest BCUT2D eigenvalue weighted by Crippen LogP contribution is -2.49. The first kappa shape index (κ1) is 27.0. The molecule has 5 aromatic rings. The van der Waals surface area contributed by atoms with E-state index in [1.54, 1.807) is 6.07 Å². The molecule has 1 aliphatic heterocycles. The highest BCUT2D eigenvalue weighted by atomic mass is 79.9. The molecule has 3 aliphatic rings. The summed E-state index contributed by atoms with van der Waals surface area (Å²) >= 11 is 3.60. The number of para-hydroxylation sites is 1. The second-order valence-electron chi connectivity index (χ2n) is 12.0. The number of fused-ring (bicyclic) bond motifs is 5. The largest absolute Gasteiger partial charge is 0.298 e. The van der Waals surface area contributed by atoms with Gasteiger partial charge >= 0.3 is 0 Å². The Labute approximate surface area is 264 Å². The quantitative estimate of drug-likeness (QED) is 0.187. The highest BCUT2D eigenvalue weighted by Crippen LogP contribution is 2.77. The van der Waals surface area contributed by atoms with Crippen LogP contribution in [0.4, 0.5) is 5.69 Å². The standard InChI is InChI=1S/C39H28BrNO3/c40-29-23-13-14-24-30(29)41-35(42)33-34(36(41)43)39(28-21-11-4-12-22-28)32(26-17-7-2-8-18-26)31(25-15-5-1-6-16-25)38(33,37(39)44)27-19-9-3-10-20-27/h1-24,31-34H/t31-,32+,33-,34-,38-,39-/m1/s1. The lowest BCUT2D eigenvalue weighted by molar-refractivity contribution is -0.131. The Morgan fingerprint density at radius 1 is 0.455 bits per heavy atom. The molecule has 0 radical (unpaired) electrons. The summed E-state index contributed by atoms with van der Waals surface area (Å²) in [6, 6.07) is 47.0. The third-order valence-corrected chi connectivity index (χ3v) is 10.9. The molecule has 214 valence electrons. The molecule has 3 fully saturated rings. The van der Waals surface area contributed by atoms with Crippen LogP contribution in [0.1, 0.15) is 34.1 Å². The van der Waals surface area contributed by atoms with Crippen molar-refractivity contribution in [2.45, 2.75) is 22.7 Å². The number of nitrogens with zero attached hydrogens (tertiary/aromatic N) is 1. The van der Waals surface area contributed by atoms with E-state index >= 15 is 4.79 Å². The maximum Gasteiger partial charge on any atom is 0.239 e. The minimum absolute atomic E-state index is 0.0476. The second-order valence-corrected chi connectivity index (χ2v) is 12.8. The summed E-state index contributed by atoms with van der Waals surface area (Å²) in [7, 11) is 0. The number of ketones is 1. The minimum Gasteiger partial charge on any atom is -0.298 e. The first-order chi connectivity index (χ1) is 21.5. The van der Waals surface area contributed by atoms with Gasteiger partial charge in [-0.1, -0.05) is 133 Å². The Balaban J connectivity index is 1.53. The van der Waals surface area contributed by atoms with Crippen molar-refractivity contribution in [2.75, 3.05) is 4.90 Å². The zero-order chi connectivity index (χ0) is 30.1. The van der Waals surface area contributed by atoms with Crippen LogP contribution in [0.3, 0.4) is 0 Å². The molecule has 44 heavy (non-hydrogen) atoms. The minimum atomic E-state index is -1.29. The van der Waals surface area contributed by atoms with Crippen LogP contribution in [0, 0.1) is 11.8 Å². The van der Waals surface area contributed by atoms with Gasteiger partial charge in [0.2, 0.25) is 11.8 Å². The maximum atomic E-state index is 15.9. The van der Waals surface area contributed by atoms with Crippen molar-refractivity contribution in [1.29, 1.82) is 0 Å². The number of hydrogen-bond donors (Lipinski definition) is 0. The zero-order valence-corrected chi connectivity index (χ0v) is 25.3. The SMILES string of the molecule is O=C1[C@H]2[C@H](C(=O)N1c1ccccc1Br)[C@]1(c3ccccc3)C(=O)[C@]2(c2ccccc2)[C@H](c2ccccc2)[C@@H]1c1ccccc1. The fourth-order valence-electron chi connectivity index (χ4n) is 8.92. The molecule has 0 N–H and O–H groups in total. The van der Waals surface area contributed by atoms with Gasteiger partial charge in [0.25, 0.3) is 0 Å². The zero-order valence-electron chi connectivity index (χ0n) is 23.7. The van der Waals surface area contributed by atoms with E-state index in [1.807, 2.05) is 115 Å². The topological polar surface area (TPSA) is 54.5 Å². The molecule has 4 nitrogen and oxygen atoms in total. The van der Waals surface area contributed by atoms with Crippen LogP contribution >= 0.6 is 15.9 Å². The molecule has 0 unspecified atom stereocenters. The molecular formula is C39H28BrNO3. The van der Waals surface area contributed by atoms with Crippen molar-refractivity contribution < 1.29 is 14.4 Å². The van der Waals surface area contributed by atoms with Gasteiger partial charge in [-0.25, -0.2) is 4.90 Å². The summed E-state index contributed by atoms with van der Waals surface area (Å²) in [5.74, 6) is -3.28. The molecule has 0 spiro atoms. The average Bonchev–Trinajstić information content (AvgIpc) is 3.59. The van der Waals surface area contributed by atoms with Crippen molar-refractivity contribution in [3.63, 3.8) is 0 Å². The van der Waals surface area contributed by atoms with Gasteiger partial charge < -0.3 is 0 Å². The molecule has 1 heterocycles. The maximum absolute atomic E-state index is 15.9. The Morgan fingerprint density at radius 2 is 0.818 bits per heavy atom. The predicted molar refractivity (Wildman–Crippen MR) is 173 cm³/mol. The van der Waals surface area contributed by atoms with Crippen molar-refractivity contribution in [1.82, 2.24) is 0 Å². The van der Waals surface area contributed by atoms with Crippen molar-refractivity contribution in [3.8, 4) is 0 Å². The number of rotatable bonds is 5. The molecule has 6 atom stereocenters. The number of hydrogen-bond acceptors (Lipinski definition) is 3. The van der Waals surface area contributed by atoms with Gasteiger partial charge in [-0.3, -0.25) is 14.4 Å². The van der Waals surface area contributed by atoms with E-state index in [9.17, 15) is 9.59 Å². The number of imide groups is 1. The molecule has 2 bridgehead atoms. The fraction of sp³-hybridized carbons (Fsp3) is 0.154. The van der Waals surface area contributed by atoms with Gasteiger partial charge in [0.15, 0.2) is 5.78 Å². The van der Waals surface area contributed by atoms with Gasteiger partial charge in [0.1, 0.15) is 0 Å². The molecule has 1 saturated heterocycles. The average molecular weight is 639 g/mol. The number of carbonyl (C=O) groups excluding carboxylic acids is 3. The normalized spacial score (nSPS) is 28.8. The first-order valence-electron chi connectivity index (χ1n) is 14.9. The summed E-state index contributed by atoms with van der Waals surface area (Å²) in [6.45, 7) is 0. The Bertz CT molecular complexity index is 1800. The number of carbonyl (C=O) groups is 3. The van der Waals surface area contributed by atoms with Crippen LogP contribution in [-0.2, 0) is 25.2 Å². The van der Waals surface area contributed by atoms with E-state index in [2.05, 4.69) is 40.2 Å². The lowest BCUT2D eigenvalue weighted by atomic mass is 9.52. The van der Waals surface area contributed by atoms with E-state index in [1.165, 1.54) is 4.90 Å². The first-order valence-corrected chi connectivity index (χ1v) is 15.7. The van der Waals surface area contributed by atoms with Gasteiger partial charge in [-0.05, 0) is 50.3 Å². The molecule has 5 aromatic carbocycles. The summed E-state index contributed by atoms with van der Waals surface area (Å²) in [4.78, 5) is 47.2. The number of Topliss-reactive ketones (excluding diaryl/α,β-unsaturated/α-hetero) is 1. The molecular weight excluding hydrogens is 610 g/mol. The summed E-state index contributed by atoms with van der Waals surface area (Å²) in [6.07, 6.45) is 0. The molecule has 0 aromatic heterocycles. The second kappa shape index (κ2) is 9.96. The van der Waals surface area contributed by atoms with Crippen LogP contribution in [-0.4, -0.2) is 17.6 Å². The molecule has 2 amide bonds. The molecule has 2 saturated carbocycles. The number of anilines is 1. The van der Waals surface area contributed by atoms with Gasteiger partial charge in [0.05, 0.1) is 28.4 Å². The Morgan fingerprint density at radius 3 is 1.23 bits per heavy atom. The molecule has 2 aliphatic carbocycles. The van der Waals surface area contributed by atoms with E-state index < -0.39 is 34.5 Å².